The maximum atomic E-state index is 13.3. The molecule has 0 saturated carbocycles. The number of nitrogens with one attached hydrogen (secondary N) is 1. The van der Waals surface area contributed by atoms with Gasteiger partial charge in [-0.25, -0.2) is 9.99 Å². The highest BCUT2D eigenvalue weighted by Gasteiger charge is 2.36. The number of halogens is 1. The molecule has 1 atom stereocenters. The van der Waals surface area contributed by atoms with Crippen molar-refractivity contribution in [3.8, 4) is 0 Å². The van der Waals surface area contributed by atoms with E-state index in [0.29, 0.717) is 22.8 Å². The smallest absolute Gasteiger partial charge is 0.276 e. The molecule has 6 heteroatoms. The second kappa shape index (κ2) is 7.18. The third-order valence-electron chi connectivity index (χ3n) is 5.05. The first-order valence-electron chi connectivity index (χ1n) is 9.36. The third-order valence-corrected chi connectivity index (χ3v) is 5.38. The number of aromatic nitrogens is 2. The van der Waals surface area contributed by atoms with Crippen molar-refractivity contribution < 1.29 is 4.79 Å². The first-order chi connectivity index (χ1) is 14.2. The van der Waals surface area contributed by atoms with Crippen LogP contribution in [0.4, 0.5) is 0 Å². The fourth-order valence-electron chi connectivity index (χ4n) is 3.60. The van der Waals surface area contributed by atoms with Crippen LogP contribution in [-0.2, 0) is 0 Å². The number of carbonyl (C=O) groups excluding carboxylic acids is 1. The van der Waals surface area contributed by atoms with Gasteiger partial charge in [-0.05, 0) is 29.8 Å². The standard InChI is InChI=1S/C23H17ClN4O/c24-17-11-5-4-10-16(17)23(29)28-21(14-20(27-28)15-8-2-1-3-9-15)22-25-18-12-6-7-13-19(18)26-22/h1-13,21H,14H2,(H,25,26)/t21-/m0/s1. The fourth-order valence-corrected chi connectivity index (χ4v) is 3.82. The number of aromatic amines is 1. The predicted molar refractivity (Wildman–Crippen MR) is 114 cm³/mol. The van der Waals surface area contributed by atoms with E-state index in [1.165, 1.54) is 5.01 Å². The number of hydrogen-bond donors (Lipinski definition) is 1. The van der Waals surface area contributed by atoms with E-state index in [0.717, 1.165) is 22.3 Å². The Morgan fingerprint density at radius 2 is 1.69 bits per heavy atom. The van der Waals surface area contributed by atoms with E-state index >= 15 is 0 Å². The van der Waals surface area contributed by atoms with Gasteiger partial charge >= 0.3 is 0 Å². The van der Waals surface area contributed by atoms with Gasteiger partial charge in [-0.2, -0.15) is 5.10 Å². The second-order valence-corrected chi connectivity index (χ2v) is 7.31. The summed E-state index contributed by atoms with van der Waals surface area (Å²) in [6.45, 7) is 0. The summed E-state index contributed by atoms with van der Waals surface area (Å²) in [5.74, 6) is 0.466. The Morgan fingerprint density at radius 3 is 2.48 bits per heavy atom. The van der Waals surface area contributed by atoms with Gasteiger partial charge in [0, 0.05) is 6.42 Å². The molecule has 5 rings (SSSR count). The van der Waals surface area contributed by atoms with Crippen LogP contribution in [0.15, 0.2) is 84.0 Å². The van der Waals surface area contributed by atoms with Gasteiger partial charge in [0.15, 0.2) is 0 Å². The molecule has 0 saturated heterocycles. The largest absolute Gasteiger partial charge is 0.340 e. The first kappa shape index (κ1) is 17.6. The maximum Gasteiger partial charge on any atom is 0.276 e. The SMILES string of the molecule is O=C(c1ccccc1Cl)N1N=C(c2ccccc2)C[C@H]1c1nc2ccccc2[nH]1. The lowest BCUT2D eigenvalue weighted by atomic mass is 10.0. The highest BCUT2D eigenvalue weighted by molar-refractivity contribution is 6.33. The van der Waals surface area contributed by atoms with Crippen LogP contribution >= 0.6 is 11.6 Å². The normalized spacial score (nSPS) is 16.2. The molecule has 5 nitrogen and oxygen atoms in total. The Morgan fingerprint density at radius 1 is 0.966 bits per heavy atom. The molecule has 0 spiro atoms. The number of imidazole rings is 1. The van der Waals surface area contributed by atoms with Crippen molar-refractivity contribution in [2.45, 2.75) is 12.5 Å². The number of hydrazone groups is 1. The van der Waals surface area contributed by atoms with Crippen molar-refractivity contribution in [2.24, 2.45) is 5.10 Å². The first-order valence-corrected chi connectivity index (χ1v) is 9.74. The summed E-state index contributed by atoms with van der Waals surface area (Å²) in [5.41, 5.74) is 4.05. The lowest BCUT2D eigenvalue weighted by Gasteiger charge is -2.20. The number of H-pyrrole nitrogens is 1. The molecule has 29 heavy (non-hydrogen) atoms. The zero-order chi connectivity index (χ0) is 19.8. The number of amides is 1. The second-order valence-electron chi connectivity index (χ2n) is 6.90. The molecule has 0 bridgehead atoms. The minimum atomic E-state index is -0.332. The van der Waals surface area contributed by atoms with Crippen molar-refractivity contribution in [1.29, 1.82) is 0 Å². The molecule has 142 valence electrons. The van der Waals surface area contributed by atoms with Crippen molar-refractivity contribution in [3.05, 3.63) is 101 Å². The Hall–Kier alpha value is -3.44. The Bertz CT molecular complexity index is 1200. The molecule has 0 radical (unpaired) electrons. The monoisotopic (exact) mass is 400 g/mol. The van der Waals surface area contributed by atoms with Crippen molar-refractivity contribution in [1.82, 2.24) is 15.0 Å². The molecule has 1 N–H and O–H groups in total. The number of nitrogens with zero attached hydrogens (tertiary/aromatic N) is 3. The fraction of sp³-hybridized carbons (Fsp3) is 0.0870. The minimum Gasteiger partial charge on any atom is -0.340 e. The van der Waals surface area contributed by atoms with Crippen molar-refractivity contribution in [2.75, 3.05) is 0 Å². The zero-order valence-corrected chi connectivity index (χ0v) is 16.2. The molecule has 2 heterocycles. The number of benzene rings is 3. The van der Waals surface area contributed by atoms with Crippen molar-refractivity contribution in [3.63, 3.8) is 0 Å². The van der Waals surface area contributed by atoms with E-state index in [-0.39, 0.29) is 11.9 Å². The summed E-state index contributed by atoms with van der Waals surface area (Å²) >= 11 is 6.29. The Labute approximate surface area is 172 Å². The molecule has 1 aliphatic heterocycles. The number of fused-ring (bicyclic) bond motifs is 1. The van der Waals surface area contributed by atoms with Gasteiger partial charge in [0.05, 0.1) is 27.3 Å². The Balaban J connectivity index is 1.59. The highest BCUT2D eigenvalue weighted by Crippen LogP contribution is 2.34. The summed E-state index contributed by atoms with van der Waals surface area (Å²) < 4.78 is 0. The molecule has 1 aromatic heterocycles. The summed E-state index contributed by atoms with van der Waals surface area (Å²) in [4.78, 5) is 21.4. The van der Waals surface area contributed by atoms with Gasteiger partial charge in [-0.1, -0.05) is 66.2 Å². The average Bonchev–Trinajstić information content (AvgIpc) is 3.38. The van der Waals surface area contributed by atoms with Crippen LogP contribution in [0.5, 0.6) is 0 Å². The maximum absolute atomic E-state index is 13.3. The third kappa shape index (κ3) is 3.19. The minimum absolute atomic E-state index is 0.244. The van der Waals surface area contributed by atoms with E-state index in [1.54, 1.807) is 24.3 Å². The molecular formula is C23H17ClN4O. The van der Waals surface area contributed by atoms with Gasteiger partial charge in [0.25, 0.3) is 5.91 Å². The van der Waals surface area contributed by atoms with E-state index in [4.69, 9.17) is 16.6 Å². The highest BCUT2D eigenvalue weighted by atomic mass is 35.5. The van der Waals surface area contributed by atoms with Crippen molar-refractivity contribution >= 4 is 34.3 Å². The number of para-hydroxylation sites is 2. The molecule has 1 aliphatic rings. The quantitative estimate of drug-likeness (QED) is 0.513. The molecule has 0 aliphatic carbocycles. The molecule has 4 aromatic rings. The van der Waals surface area contributed by atoms with Gasteiger partial charge in [0.1, 0.15) is 11.9 Å². The number of hydrogen-bond acceptors (Lipinski definition) is 3. The van der Waals surface area contributed by atoms with Crippen LogP contribution in [0, 0.1) is 0 Å². The van der Waals surface area contributed by atoms with E-state index < -0.39 is 0 Å². The summed E-state index contributed by atoms with van der Waals surface area (Å²) in [6, 6.07) is 24.4. The van der Waals surface area contributed by atoms with Gasteiger partial charge in [-0.15, -0.1) is 0 Å². The molecule has 3 aromatic carbocycles. The number of rotatable bonds is 3. The molecular weight excluding hydrogens is 384 g/mol. The van der Waals surface area contributed by atoms with Crippen LogP contribution in [0.3, 0.4) is 0 Å². The predicted octanol–water partition coefficient (Wildman–Crippen LogP) is 5.21. The van der Waals surface area contributed by atoms with Crippen LogP contribution in [0.1, 0.15) is 34.2 Å². The van der Waals surface area contributed by atoms with E-state index in [9.17, 15) is 4.79 Å². The van der Waals surface area contributed by atoms with Gasteiger partial charge < -0.3 is 4.98 Å². The molecule has 0 fully saturated rings. The zero-order valence-electron chi connectivity index (χ0n) is 15.4. The average molecular weight is 401 g/mol. The van der Waals surface area contributed by atoms with Gasteiger partial charge in [-0.3, -0.25) is 4.79 Å². The van der Waals surface area contributed by atoms with Crippen LogP contribution in [0.2, 0.25) is 5.02 Å². The van der Waals surface area contributed by atoms with E-state index in [1.807, 2.05) is 54.6 Å². The lowest BCUT2D eigenvalue weighted by molar-refractivity contribution is 0.0705. The van der Waals surface area contributed by atoms with Crippen LogP contribution in [0.25, 0.3) is 11.0 Å². The van der Waals surface area contributed by atoms with Crippen LogP contribution in [-0.4, -0.2) is 26.6 Å². The number of carbonyl (C=O) groups is 1. The Kier molecular flexibility index (Phi) is 4.37. The van der Waals surface area contributed by atoms with Gasteiger partial charge in [0.2, 0.25) is 0 Å². The van der Waals surface area contributed by atoms with Crippen LogP contribution < -0.4 is 0 Å². The summed E-state index contributed by atoms with van der Waals surface area (Å²) in [6.07, 6.45) is 0.569. The topological polar surface area (TPSA) is 61.4 Å². The van der Waals surface area contributed by atoms with E-state index in [2.05, 4.69) is 10.1 Å². The summed E-state index contributed by atoms with van der Waals surface area (Å²) in [7, 11) is 0. The molecule has 1 amide bonds. The lowest BCUT2D eigenvalue weighted by Crippen LogP contribution is -2.28. The summed E-state index contributed by atoms with van der Waals surface area (Å²) in [5, 5.41) is 6.59. The molecule has 0 unspecified atom stereocenters.